The summed E-state index contributed by atoms with van der Waals surface area (Å²) in [5.74, 6) is -3.19. The van der Waals surface area contributed by atoms with Crippen LogP contribution in [0.1, 0.15) is 34.3 Å². The third-order valence-corrected chi connectivity index (χ3v) is 6.19. The molecule has 13 heteroatoms. The number of rotatable bonds is 8. The molecule has 5 amide bonds. The van der Waals surface area contributed by atoms with E-state index in [-0.39, 0.29) is 65.7 Å². The van der Waals surface area contributed by atoms with E-state index in [4.69, 9.17) is 21.4 Å². The lowest BCUT2D eigenvalue weighted by Gasteiger charge is -2.29. The molecule has 2 aliphatic rings. The van der Waals surface area contributed by atoms with Crippen molar-refractivity contribution in [2.75, 3.05) is 11.9 Å². The highest BCUT2D eigenvalue weighted by Crippen LogP contribution is 2.30. The lowest BCUT2D eigenvalue weighted by Crippen LogP contribution is -2.52. The minimum absolute atomic E-state index is 0.0690. The largest absolute Gasteiger partial charge is 0.489 e. The summed E-state index contributed by atoms with van der Waals surface area (Å²) in [7, 11) is 0. The van der Waals surface area contributed by atoms with Crippen LogP contribution in [0.15, 0.2) is 42.5 Å². The number of nitrogens with one attached hydrogen (secondary N) is 3. The first-order valence-electron chi connectivity index (χ1n) is 11.4. The summed E-state index contributed by atoms with van der Waals surface area (Å²) in [4.78, 5) is 61.0. The van der Waals surface area contributed by atoms with Crippen molar-refractivity contribution in [3.8, 4) is 5.75 Å². The smallest absolute Gasteiger partial charge is 0.334 e. The molecule has 198 valence electrons. The first kappa shape index (κ1) is 26.6. The number of carboxylic acids is 1. The summed E-state index contributed by atoms with van der Waals surface area (Å²) in [6, 6.07) is 5.31. The van der Waals surface area contributed by atoms with E-state index < -0.39 is 41.6 Å². The van der Waals surface area contributed by atoms with E-state index in [1.807, 2.05) is 0 Å². The van der Waals surface area contributed by atoms with Crippen LogP contribution in [-0.4, -0.2) is 52.4 Å². The maximum atomic E-state index is 14.8. The number of imide groups is 1. The van der Waals surface area contributed by atoms with E-state index in [0.717, 1.165) is 6.07 Å². The molecule has 1 fully saturated rings. The maximum Gasteiger partial charge on any atom is 0.334 e. The van der Waals surface area contributed by atoms with Crippen molar-refractivity contribution in [1.29, 1.82) is 0 Å². The zero-order chi connectivity index (χ0) is 27.6. The van der Waals surface area contributed by atoms with Gasteiger partial charge in [0.1, 0.15) is 24.2 Å². The fourth-order valence-corrected chi connectivity index (χ4v) is 4.30. The van der Waals surface area contributed by atoms with Crippen LogP contribution in [0.2, 0.25) is 5.02 Å². The molecule has 38 heavy (non-hydrogen) atoms. The molecule has 2 aromatic rings. The molecule has 0 saturated carbocycles. The van der Waals surface area contributed by atoms with Gasteiger partial charge in [-0.25, -0.2) is 14.0 Å². The molecule has 1 atom stereocenters. The van der Waals surface area contributed by atoms with Crippen LogP contribution < -0.4 is 20.7 Å². The molecule has 2 heterocycles. The predicted molar refractivity (Wildman–Crippen MR) is 132 cm³/mol. The molecular weight excluding hydrogens is 523 g/mol. The maximum absolute atomic E-state index is 14.8. The zero-order valence-corrected chi connectivity index (χ0v) is 20.6. The summed E-state index contributed by atoms with van der Waals surface area (Å²) >= 11 is 6.04. The quantitative estimate of drug-likeness (QED) is 0.294. The number of nitrogens with zero attached hydrogens (tertiary/aromatic N) is 1. The van der Waals surface area contributed by atoms with Crippen LogP contribution in [0.3, 0.4) is 0 Å². The van der Waals surface area contributed by atoms with Gasteiger partial charge in [0.25, 0.3) is 5.91 Å². The van der Waals surface area contributed by atoms with Crippen molar-refractivity contribution < 1.29 is 38.2 Å². The molecule has 4 N–H and O–H groups in total. The van der Waals surface area contributed by atoms with Crippen LogP contribution in [0, 0.1) is 5.82 Å². The second kappa shape index (κ2) is 10.9. The summed E-state index contributed by atoms with van der Waals surface area (Å²) < 4.78 is 20.1. The topological polar surface area (TPSA) is 154 Å². The van der Waals surface area contributed by atoms with Gasteiger partial charge in [-0.3, -0.25) is 19.7 Å². The number of halogens is 2. The Kier molecular flexibility index (Phi) is 7.62. The Morgan fingerprint density at radius 1 is 1.21 bits per heavy atom. The van der Waals surface area contributed by atoms with Crippen LogP contribution in [-0.2, 0) is 27.5 Å². The molecule has 2 aromatic carbocycles. The van der Waals surface area contributed by atoms with Gasteiger partial charge in [0.15, 0.2) is 0 Å². The highest BCUT2D eigenvalue weighted by atomic mass is 35.5. The fraction of sp³-hybridized carbons (Fsp3) is 0.240. The van der Waals surface area contributed by atoms with Gasteiger partial charge in [-0.2, -0.15) is 0 Å². The number of anilines is 1. The van der Waals surface area contributed by atoms with Crippen molar-refractivity contribution in [2.24, 2.45) is 0 Å². The molecule has 2 aliphatic heterocycles. The average Bonchev–Trinajstić information content (AvgIpc) is 3.15. The van der Waals surface area contributed by atoms with Crippen molar-refractivity contribution >= 4 is 47.0 Å². The van der Waals surface area contributed by atoms with Crippen LogP contribution in [0.5, 0.6) is 5.75 Å². The minimum Gasteiger partial charge on any atom is -0.489 e. The van der Waals surface area contributed by atoms with E-state index in [1.54, 1.807) is 0 Å². The van der Waals surface area contributed by atoms with Gasteiger partial charge in [0.05, 0.1) is 5.57 Å². The van der Waals surface area contributed by atoms with Crippen molar-refractivity contribution in [3.63, 3.8) is 0 Å². The first-order chi connectivity index (χ1) is 18.0. The Morgan fingerprint density at radius 2 is 1.97 bits per heavy atom. The Labute approximate surface area is 220 Å². The number of ether oxygens (including phenoxy) is 1. The Balaban J connectivity index is 1.38. The number of urea groups is 1. The number of aliphatic carboxylic acids is 1. The molecule has 0 radical (unpaired) electrons. The van der Waals surface area contributed by atoms with Gasteiger partial charge in [0, 0.05) is 47.4 Å². The van der Waals surface area contributed by atoms with Gasteiger partial charge >= 0.3 is 12.0 Å². The minimum atomic E-state index is -1.21. The standard InChI is InChI=1S/C25H22ClFN4O7/c1-12(24(35)36)11-38-17-6-15(26)5-16(7-17)29-25(37)28-9-13-4-14-10-31(23(34)18(14)8-19(13)27)20-2-3-21(32)30-22(20)33/h4-8,20H,1-3,9-11H2,(H,35,36)(H2,28,29,37)(H,30,32,33). The van der Waals surface area contributed by atoms with Crippen molar-refractivity contribution in [1.82, 2.24) is 15.5 Å². The summed E-state index contributed by atoms with van der Waals surface area (Å²) in [6.07, 6.45) is 0.291. The van der Waals surface area contributed by atoms with Gasteiger partial charge in [0.2, 0.25) is 11.8 Å². The van der Waals surface area contributed by atoms with Gasteiger partial charge < -0.3 is 25.4 Å². The van der Waals surface area contributed by atoms with Gasteiger partial charge in [-0.05, 0) is 36.2 Å². The number of piperidine rings is 1. The number of carboxylic acid groups (broad SMARTS) is 1. The lowest BCUT2D eigenvalue weighted by atomic mass is 10.0. The third-order valence-electron chi connectivity index (χ3n) is 5.97. The summed E-state index contributed by atoms with van der Waals surface area (Å²) in [5, 5.41) is 16.3. The highest BCUT2D eigenvalue weighted by Gasteiger charge is 2.39. The molecular formula is C25H22ClFN4O7. The second-order valence-corrected chi connectivity index (χ2v) is 9.12. The number of fused-ring (bicyclic) bond motifs is 1. The van der Waals surface area contributed by atoms with Crippen molar-refractivity contribution in [3.05, 3.63) is 70.0 Å². The average molecular weight is 545 g/mol. The molecule has 0 aliphatic carbocycles. The summed E-state index contributed by atoms with van der Waals surface area (Å²) in [5.41, 5.74) is 0.816. The van der Waals surface area contributed by atoms with Crippen LogP contribution >= 0.6 is 11.6 Å². The SMILES string of the molecule is C=C(COc1cc(Cl)cc(NC(=O)NCc2cc3c(cc2F)C(=O)N(C2CCC(=O)NC2=O)C3)c1)C(=O)O. The van der Waals surface area contributed by atoms with Crippen LogP contribution in [0.4, 0.5) is 14.9 Å². The number of amides is 5. The number of carbonyl (C=O) groups excluding carboxylic acids is 4. The van der Waals surface area contributed by atoms with E-state index in [1.165, 1.54) is 29.2 Å². The van der Waals surface area contributed by atoms with Gasteiger partial charge in [-0.15, -0.1) is 0 Å². The first-order valence-corrected chi connectivity index (χ1v) is 11.7. The lowest BCUT2D eigenvalue weighted by molar-refractivity contribution is -0.137. The van der Waals surface area contributed by atoms with E-state index in [9.17, 15) is 28.4 Å². The molecule has 0 spiro atoms. The predicted octanol–water partition coefficient (Wildman–Crippen LogP) is 2.58. The third kappa shape index (κ3) is 5.92. The van der Waals surface area contributed by atoms with E-state index in [2.05, 4.69) is 22.5 Å². The molecule has 4 rings (SSSR count). The number of benzene rings is 2. The van der Waals surface area contributed by atoms with Crippen molar-refractivity contribution in [2.45, 2.75) is 32.0 Å². The Hall–Kier alpha value is -4.45. The Bertz CT molecular complexity index is 1380. The highest BCUT2D eigenvalue weighted by molar-refractivity contribution is 6.31. The normalized spacial score (nSPS) is 16.5. The number of carbonyl (C=O) groups is 5. The Morgan fingerprint density at radius 3 is 2.68 bits per heavy atom. The van der Waals surface area contributed by atoms with E-state index in [0.29, 0.717) is 5.56 Å². The summed E-state index contributed by atoms with van der Waals surface area (Å²) in [6.45, 7) is 2.93. The second-order valence-electron chi connectivity index (χ2n) is 8.68. The molecule has 0 aromatic heterocycles. The van der Waals surface area contributed by atoms with E-state index >= 15 is 0 Å². The van der Waals surface area contributed by atoms with Crippen LogP contribution in [0.25, 0.3) is 0 Å². The molecule has 1 saturated heterocycles. The number of hydrogen-bond acceptors (Lipinski definition) is 6. The monoisotopic (exact) mass is 544 g/mol. The molecule has 0 bridgehead atoms. The molecule has 1 unspecified atom stereocenters. The molecule has 11 nitrogen and oxygen atoms in total. The fourth-order valence-electron chi connectivity index (χ4n) is 4.08. The van der Waals surface area contributed by atoms with Gasteiger partial charge in [-0.1, -0.05) is 18.2 Å². The number of hydrogen-bond donors (Lipinski definition) is 4. The zero-order valence-electron chi connectivity index (χ0n) is 19.8.